The molecule has 19 heavy (non-hydrogen) atoms. The van der Waals surface area contributed by atoms with Gasteiger partial charge in [0.05, 0.1) is 16.8 Å². The minimum Gasteiger partial charge on any atom is -0.398 e. The summed E-state index contributed by atoms with van der Waals surface area (Å²) in [6.07, 6.45) is 0. The van der Waals surface area contributed by atoms with Gasteiger partial charge in [-0.25, -0.2) is 8.42 Å². The summed E-state index contributed by atoms with van der Waals surface area (Å²) in [5.41, 5.74) is 5.52. The van der Waals surface area contributed by atoms with Gasteiger partial charge >= 0.3 is 0 Å². The van der Waals surface area contributed by atoms with Crippen LogP contribution >= 0.6 is 23.2 Å². The van der Waals surface area contributed by atoms with E-state index in [1.165, 1.54) is 26.1 Å². The van der Waals surface area contributed by atoms with Crippen LogP contribution in [0.25, 0.3) is 0 Å². The number of benzene rings is 1. The molecule has 106 valence electrons. The van der Waals surface area contributed by atoms with E-state index in [9.17, 15) is 13.2 Å². The van der Waals surface area contributed by atoms with Crippen LogP contribution in [0, 0.1) is 0 Å². The van der Waals surface area contributed by atoms with Crippen LogP contribution in [0.5, 0.6) is 0 Å². The van der Waals surface area contributed by atoms with Gasteiger partial charge in [-0.05, 0) is 19.1 Å². The number of amides is 1. The van der Waals surface area contributed by atoms with Gasteiger partial charge in [0, 0.05) is 12.1 Å². The van der Waals surface area contributed by atoms with Crippen molar-refractivity contribution in [3.63, 3.8) is 0 Å². The normalized spacial score (nSPS) is 13.1. The lowest BCUT2D eigenvalue weighted by Gasteiger charge is -2.15. The molecule has 0 bridgehead atoms. The molecule has 0 heterocycles. The zero-order chi connectivity index (χ0) is 14.8. The van der Waals surface area contributed by atoms with Crippen molar-refractivity contribution in [3.05, 3.63) is 22.2 Å². The third kappa shape index (κ3) is 3.73. The van der Waals surface area contributed by atoms with Gasteiger partial charge in [0.1, 0.15) is 4.90 Å². The first kappa shape index (κ1) is 16.0. The summed E-state index contributed by atoms with van der Waals surface area (Å²) in [4.78, 5) is 11.0. The maximum Gasteiger partial charge on any atom is 0.244 e. The van der Waals surface area contributed by atoms with E-state index in [2.05, 4.69) is 10.0 Å². The number of sulfonamides is 1. The smallest absolute Gasteiger partial charge is 0.244 e. The molecule has 0 saturated heterocycles. The maximum atomic E-state index is 12.1. The van der Waals surface area contributed by atoms with Crippen molar-refractivity contribution >= 4 is 44.8 Å². The third-order valence-corrected chi connectivity index (χ3v) is 4.56. The Kier molecular flexibility index (Phi) is 5.03. The predicted molar refractivity (Wildman–Crippen MR) is 74.7 cm³/mol. The minimum absolute atomic E-state index is 0.0888. The number of anilines is 1. The first-order valence-corrected chi connectivity index (χ1v) is 7.41. The van der Waals surface area contributed by atoms with Crippen molar-refractivity contribution < 1.29 is 13.2 Å². The highest BCUT2D eigenvalue weighted by molar-refractivity contribution is 7.89. The van der Waals surface area contributed by atoms with Crippen LogP contribution in [-0.2, 0) is 14.8 Å². The van der Waals surface area contributed by atoms with E-state index in [1.807, 2.05) is 0 Å². The van der Waals surface area contributed by atoms with Gasteiger partial charge in [0.15, 0.2) is 0 Å². The zero-order valence-corrected chi connectivity index (χ0v) is 12.5. The van der Waals surface area contributed by atoms with Crippen LogP contribution < -0.4 is 15.8 Å². The molecule has 0 aliphatic rings. The molecule has 0 aromatic heterocycles. The lowest BCUT2D eigenvalue weighted by Crippen LogP contribution is -2.43. The van der Waals surface area contributed by atoms with E-state index in [-0.39, 0.29) is 20.6 Å². The fraction of sp³-hybridized carbons (Fsp3) is 0.300. The van der Waals surface area contributed by atoms with Gasteiger partial charge in [0.25, 0.3) is 0 Å². The fourth-order valence-corrected chi connectivity index (χ4v) is 3.61. The van der Waals surface area contributed by atoms with Crippen LogP contribution in [0.1, 0.15) is 6.92 Å². The average molecular weight is 326 g/mol. The number of nitrogens with two attached hydrogens (primary N) is 1. The first-order chi connectivity index (χ1) is 8.69. The summed E-state index contributed by atoms with van der Waals surface area (Å²) >= 11 is 11.5. The molecule has 1 rings (SSSR count). The molecule has 0 saturated carbocycles. The van der Waals surface area contributed by atoms with Gasteiger partial charge in [-0.2, -0.15) is 4.72 Å². The van der Waals surface area contributed by atoms with E-state index in [1.54, 1.807) is 0 Å². The quantitative estimate of drug-likeness (QED) is 0.718. The Labute approximate surface area is 121 Å². The molecule has 0 fully saturated rings. The third-order valence-electron chi connectivity index (χ3n) is 2.28. The van der Waals surface area contributed by atoms with Gasteiger partial charge in [-0.3, -0.25) is 4.79 Å². The van der Waals surface area contributed by atoms with Gasteiger partial charge in [0.2, 0.25) is 15.9 Å². The molecule has 1 aromatic rings. The second-order valence-corrected chi connectivity index (χ2v) is 6.26. The van der Waals surface area contributed by atoms with Crippen molar-refractivity contribution in [1.82, 2.24) is 10.0 Å². The molecule has 9 heteroatoms. The van der Waals surface area contributed by atoms with Crippen molar-refractivity contribution in [2.24, 2.45) is 0 Å². The molecule has 1 aromatic carbocycles. The van der Waals surface area contributed by atoms with E-state index in [0.29, 0.717) is 0 Å². The molecule has 4 N–H and O–H groups in total. The molecule has 0 aliphatic carbocycles. The molecule has 1 unspecified atom stereocenters. The zero-order valence-electron chi connectivity index (χ0n) is 10.2. The highest BCUT2D eigenvalue weighted by Crippen LogP contribution is 2.31. The first-order valence-electron chi connectivity index (χ1n) is 5.17. The van der Waals surface area contributed by atoms with E-state index < -0.39 is 22.0 Å². The van der Waals surface area contributed by atoms with Gasteiger partial charge in [-0.1, -0.05) is 23.2 Å². The van der Waals surface area contributed by atoms with Crippen LogP contribution in [0.4, 0.5) is 5.69 Å². The Balaban J connectivity index is 3.18. The number of halogens is 2. The Morgan fingerprint density at radius 1 is 1.37 bits per heavy atom. The second-order valence-electron chi connectivity index (χ2n) is 3.76. The lowest BCUT2D eigenvalue weighted by molar-refractivity contribution is -0.121. The SMILES string of the molecule is CNC(=O)C(C)NS(=O)(=O)c1c(N)cc(Cl)cc1Cl. The standard InChI is InChI=1S/C10H13Cl2N3O3S/c1-5(10(16)14-2)15-19(17,18)9-7(12)3-6(11)4-8(9)13/h3-5,15H,13H2,1-2H3,(H,14,16). The van der Waals surface area contributed by atoms with Crippen molar-refractivity contribution in [2.45, 2.75) is 17.9 Å². The Bertz CT molecular complexity index is 581. The predicted octanol–water partition coefficient (Wildman–Crippen LogP) is 0.988. The van der Waals surface area contributed by atoms with E-state index >= 15 is 0 Å². The molecular weight excluding hydrogens is 313 g/mol. The molecule has 0 radical (unpaired) electrons. The largest absolute Gasteiger partial charge is 0.398 e. The summed E-state index contributed by atoms with van der Waals surface area (Å²) in [7, 11) is -2.62. The molecular formula is C10H13Cl2N3O3S. The topological polar surface area (TPSA) is 101 Å². The van der Waals surface area contributed by atoms with E-state index in [4.69, 9.17) is 28.9 Å². The molecule has 6 nitrogen and oxygen atoms in total. The number of carbonyl (C=O) groups excluding carboxylic acids is 1. The summed E-state index contributed by atoms with van der Waals surface area (Å²) < 4.78 is 26.4. The highest BCUT2D eigenvalue weighted by Gasteiger charge is 2.26. The van der Waals surface area contributed by atoms with Crippen molar-refractivity contribution in [2.75, 3.05) is 12.8 Å². The number of nitrogens with one attached hydrogen (secondary N) is 2. The number of likely N-dealkylation sites (N-methyl/N-ethyl adjacent to an activating group) is 1. The number of hydrogen-bond acceptors (Lipinski definition) is 4. The second kappa shape index (κ2) is 5.96. The van der Waals surface area contributed by atoms with Crippen LogP contribution in [0.15, 0.2) is 17.0 Å². The average Bonchev–Trinajstić information content (AvgIpc) is 2.24. The highest BCUT2D eigenvalue weighted by atomic mass is 35.5. The Hall–Kier alpha value is -1.02. The summed E-state index contributed by atoms with van der Waals surface area (Å²) in [5, 5.41) is 2.44. The Morgan fingerprint density at radius 2 is 1.95 bits per heavy atom. The summed E-state index contributed by atoms with van der Waals surface area (Å²) in [6.45, 7) is 1.40. The number of rotatable bonds is 4. The maximum absolute atomic E-state index is 12.1. The lowest BCUT2D eigenvalue weighted by atomic mass is 10.3. The summed E-state index contributed by atoms with van der Waals surface area (Å²) in [6, 6.07) is 1.58. The minimum atomic E-state index is -4.02. The number of hydrogen-bond donors (Lipinski definition) is 3. The van der Waals surface area contributed by atoms with Gasteiger partial charge in [-0.15, -0.1) is 0 Å². The molecule has 0 aliphatic heterocycles. The van der Waals surface area contributed by atoms with E-state index in [0.717, 1.165) is 0 Å². The van der Waals surface area contributed by atoms with Crippen LogP contribution in [0.3, 0.4) is 0 Å². The monoisotopic (exact) mass is 325 g/mol. The summed E-state index contributed by atoms with van der Waals surface area (Å²) in [5.74, 6) is -0.479. The number of nitrogen functional groups attached to an aromatic ring is 1. The van der Waals surface area contributed by atoms with Gasteiger partial charge < -0.3 is 11.1 Å². The van der Waals surface area contributed by atoms with Crippen LogP contribution in [0.2, 0.25) is 10.0 Å². The number of carbonyl (C=O) groups is 1. The molecule has 0 spiro atoms. The van der Waals surface area contributed by atoms with Crippen molar-refractivity contribution in [1.29, 1.82) is 0 Å². The van der Waals surface area contributed by atoms with Crippen LogP contribution in [-0.4, -0.2) is 27.4 Å². The molecule has 1 atom stereocenters. The Morgan fingerprint density at radius 3 is 2.42 bits per heavy atom. The molecule has 1 amide bonds. The van der Waals surface area contributed by atoms with Crippen molar-refractivity contribution in [3.8, 4) is 0 Å². The fourth-order valence-electron chi connectivity index (χ4n) is 1.43.